The Morgan fingerprint density at radius 3 is 2.48 bits per heavy atom. The van der Waals surface area contributed by atoms with Gasteiger partial charge in [-0.2, -0.15) is 0 Å². The van der Waals surface area contributed by atoms with Crippen LogP contribution in [0.5, 0.6) is 11.5 Å². The maximum absolute atomic E-state index is 12.5. The van der Waals surface area contributed by atoms with Crippen LogP contribution in [-0.2, 0) is 0 Å². The molecule has 0 aliphatic carbocycles. The average Bonchev–Trinajstić information content (AvgIpc) is 2.56. The molecule has 25 heavy (non-hydrogen) atoms. The topological polar surface area (TPSA) is 89.7 Å². The van der Waals surface area contributed by atoms with Gasteiger partial charge >= 0.3 is 5.97 Å². The number of ether oxygens (including phenoxy) is 1. The summed E-state index contributed by atoms with van der Waals surface area (Å²) in [6, 6.07) is 13.0. The van der Waals surface area contributed by atoms with Gasteiger partial charge in [-0.05, 0) is 37.3 Å². The summed E-state index contributed by atoms with van der Waals surface area (Å²) in [4.78, 5) is 23.5. The minimum absolute atomic E-state index is 0.0539. The van der Waals surface area contributed by atoms with Crippen molar-refractivity contribution in [2.75, 3.05) is 0 Å². The number of para-hydroxylation sites is 1. The Kier molecular flexibility index (Phi) is 4.41. The number of carbonyl (C=O) groups excluding carboxylic acids is 1. The SMILES string of the molecule is Cc1c(C(=O)Oc2ccccc2)c(O)c2cc(Br)ccc2c1[N+](=O)[O-]. The third-order valence-electron chi connectivity index (χ3n) is 3.80. The van der Waals surface area contributed by atoms with E-state index in [4.69, 9.17) is 4.74 Å². The molecule has 7 heteroatoms. The molecule has 0 saturated carbocycles. The number of rotatable bonds is 3. The number of aromatic hydroxyl groups is 1. The van der Waals surface area contributed by atoms with Gasteiger partial charge in [0.15, 0.2) is 0 Å². The number of carbonyl (C=O) groups is 1. The second-order valence-corrected chi connectivity index (χ2v) is 6.26. The number of benzene rings is 3. The molecule has 1 N–H and O–H groups in total. The van der Waals surface area contributed by atoms with Crippen molar-refractivity contribution in [2.45, 2.75) is 6.92 Å². The summed E-state index contributed by atoms with van der Waals surface area (Å²) in [6.45, 7) is 1.42. The van der Waals surface area contributed by atoms with Crippen LogP contribution in [0.1, 0.15) is 15.9 Å². The summed E-state index contributed by atoms with van der Waals surface area (Å²) in [7, 11) is 0. The van der Waals surface area contributed by atoms with Gasteiger partial charge in [0.05, 0.1) is 10.3 Å². The third-order valence-corrected chi connectivity index (χ3v) is 4.29. The van der Waals surface area contributed by atoms with Crippen molar-refractivity contribution in [1.82, 2.24) is 0 Å². The van der Waals surface area contributed by atoms with Crippen LogP contribution in [0.25, 0.3) is 10.8 Å². The monoisotopic (exact) mass is 401 g/mol. The molecule has 0 amide bonds. The van der Waals surface area contributed by atoms with Crippen LogP contribution in [0.4, 0.5) is 5.69 Å². The van der Waals surface area contributed by atoms with Crippen molar-refractivity contribution in [2.24, 2.45) is 0 Å². The van der Waals surface area contributed by atoms with Crippen molar-refractivity contribution in [3.8, 4) is 11.5 Å². The van der Waals surface area contributed by atoms with Crippen LogP contribution in [0.15, 0.2) is 53.0 Å². The molecule has 0 spiro atoms. The predicted molar refractivity (Wildman–Crippen MR) is 96.1 cm³/mol. The highest BCUT2D eigenvalue weighted by atomic mass is 79.9. The zero-order chi connectivity index (χ0) is 18.1. The van der Waals surface area contributed by atoms with Crippen molar-refractivity contribution >= 4 is 38.4 Å². The van der Waals surface area contributed by atoms with E-state index in [0.717, 1.165) is 0 Å². The van der Waals surface area contributed by atoms with Gasteiger partial charge in [0.2, 0.25) is 0 Å². The third kappa shape index (κ3) is 3.06. The molecule has 3 rings (SSSR count). The highest BCUT2D eigenvalue weighted by Gasteiger charge is 2.28. The Bertz CT molecular complexity index is 1000. The molecule has 6 nitrogen and oxygen atoms in total. The Morgan fingerprint density at radius 2 is 1.84 bits per heavy atom. The molecule has 0 aromatic heterocycles. The quantitative estimate of drug-likeness (QED) is 0.296. The number of nitrogens with zero attached hydrogens (tertiary/aromatic N) is 1. The number of hydrogen-bond acceptors (Lipinski definition) is 5. The molecule has 0 aliphatic rings. The van der Waals surface area contributed by atoms with E-state index in [1.54, 1.807) is 36.4 Å². The number of hydrogen-bond donors (Lipinski definition) is 1. The second-order valence-electron chi connectivity index (χ2n) is 5.35. The van der Waals surface area contributed by atoms with E-state index in [9.17, 15) is 20.0 Å². The summed E-state index contributed by atoms with van der Waals surface area (Å²) >= 11 is 3.26. The second kappa shape index (κ2) is 6.52. The fourth-order valence-electron chi connectivity index (χ4n) is 2.68. The van der Waals surface area contributed by atoms with E-state index in [2.05, 4.69) is 15.9 Å². The van der Waals surface area contributed by atoms with Crippen LogP contribution in [0.3, 0.4) is 0 Å². The zero-order valence-corrected chi connectivity index (χ0v) is 14.6. The van der Waals surface area contributed by atoms with Gasteiger partial charge in [0.1, 0.15) is 17.1 Å². The zero-order valence-electron chi connectivity index (χ0n) is 13.0. The fourth-order valence-corrected chi connectivity index (χ4v) is 3.04. The number of fused-ring (bicyclic) bond motifs is 1. The predicted octanol–water partition coefficient (Wildman–Crippen LogP) is 4.74. The molecule has 0 aliphatic heterocycles. The van der Waals surface area contributed by atoms with E-state index in [-0.39, 0.29) is 39.1 Å². The van der Waals surface area contributed by atoms with Crippen LogP contribution >= 0.6 is 15.9 Å². The maximum Gasteiger partial charge on any atom is 0.347 e. The van der Waals surface area contributed by atoms with E-state index in [1.165, 1.54) is 19.1 Å². The van der Waals surface area contributed by atoms with Crippen molar-refractivity contribution < 1.29 is 19.6 Å². The minimum Gasteiger partial charge on any atom is -0.506 e. The first-order valence-corrected chi connectivity index (χ1v) is 8.06. The normalized spacial score (nSPS) is 10.6. The average molecular weight is 402 g/mol. The lowest BCUT2D eigenvalue weighted by molar-refractivity contribution is -0.383. The number of esters is 1. The van der Waals surface area contributed by atoms with Gasteiger partial charge in [-0.3, -0.25) is 10.1 Å². The van der Waals surface area contributed by atoms with Gasteiger partial charge in [-0.1, -0.05) is 34.1 Å². The Morgan fingerprint density at radius 1 is 1.16 bits per heavy atom. The highest BCUT2D eigenvalue weighted by Crippen LogP contribution is 2.41. The molecule has 0 radical (unpaired) electrons. The molecule has 3 aromatic rings. The number of phenolic OH excluding ortho intramolecular Hbond substituents is 1. The van der Waals surface area contributed by atoms with E-state index in [1.807, 2.05) is 0 Å². The first kappa shape index (κ1) is 16.9. The Hall–Kier alpha value is -2.93. The Balaban J connectivity index is 2.24. The summed E-state index contributed by atoms with van der Waals surface area (Å²) in [5, 5.41) is 22.5. The molecule has 0 fully saturated rings. The van der Waals surface area contributed by atoms with Crippen molar-refractivity contribution in [3.63, 3.8) is 0 Å². The van der Waals surface area contributed by atoms with Crippen LogP contribution < -0.4 is 4.74 Å². The summed E-state index contributed by atoms with van der Waals surface area (Å²) in [6.07, 6.45) is 0. The molecular formula is C18H12BrNO5. The maximum atomic E-state index is 12.5. The highest BCUT2D eigenvalue weighted by molar-refractivity contribution is 9.10. The largest absolute Gasteiger partial charge is 0.506 e. The first-order chi connectivity index (χ1) is 11.9. The van der Waals surface area contributed by atoms with Gasteiger partial charge in [0.25, 0.3) is 5.69 Å². The lowest BCUT2D eigenvalue weighted by Gasteiger charge is -2.12. The van der Waals surface area contributed by atoms with Crippen molar-refractivity contribution in [3.05, 3.63) is 74.2 Å². The van der Waals surface area contributed by atoms with Crippen LogP contribution in [0.2, 0.25) is 0 Å². The molecule has 0 atom stereocenters. The van der Waals surface area contributed by atoms with Crippen LogP contribution in [0, 0.1) is 17.0 Å². The Labute approximate surface area is 150 Å². The van der Waals surface area contributed by atoms with Gasteiger partial charge in [-0.25, -0.2) is 4.79 Å². The molecule has 0 saturated heterocycles. The molecular weight excluding hydrogens is 390 g/mol. The number of phenols is 1. The lowest BCUT2D eigenvalue weighted by Crippen LogP contribution is -2.12. The smallest absolute Gasteiger partial charge is 0.347 e. The lowest BCUT2D eigenvalue weighted by atomic mass is 9.97. The molecule has 0 bridgehead atoms. The molecule has 0 heterocycles. The van der Waals surface area contributed by atoms with E-state index < -0.39 is 10.9 Å². The molecule has 0 unspecified atom stereocenters. The minimum atomic E-state index is -0.855. The standard InChI is InChI=1S/C18H12BrNO5/c1-10-15(18(22)25-12-5-3-2-4-6-12)17(21)14-9-11(19)7-8-13(14)16(10)20(23)24/h2-9,21H,1H3. The summed E-state index contributed by atoms with van der Waals surface area (Å²) in [5.74, 6) is -0.921. The number of nitro groups is 1. The van der Waals surface area contributed by atoms with Crippen LogP contribution in [-0.4, -0.2) is 16.0 Å². The van der Waals surface area contributed by atoms with E-state index in [0.29, 0.717) is 4.47 Å². The van der Waals surface area contributed by atoms with Gasteiger partial charge in [-0.15, -0.1) is 0 Å². The van der Waals surface area contributed by atoms with Gasteiger partial charge < -0.3 is 9.84 Å². The molecule has 3 aromatic carbocycles. The van der Waals surface area contributed by atoms with E-state index >= 15 is 0 Å². The number of nitro benzene ring substituents is 1. The summed E-state index contributed by atoms with van der Waals surface area (Å²) < 4.78 is 5.86. The number of halogens is 1. The van der Waals surface area contributed by atoms with Crippen molar-refractivity contribution in [1.29, 1.82) is 0 Å². The van der Waals surface area contributed by atoms with Gasteiger partial charge in [0, 0.05) is 15.4 Å². The fraction of sp³-hybridized carbons (Fsp3) is 0.0556. The first-order valence-electron chi connectivity index (χ1n) is 7.26. The molecule has 126 valence electrons. The summed E-state index contributed by atoms with van der Waals surface area (Å²) in [5.41, 5.74) is -0.403.